The van der Waals surface area contributed by atoms with Gasteiger partial charge in [0.25, 0.3) is 0 Å². The molecule has 1 fully saturated rings. The van der Waals surface area contributed by atoms with Crippen molar-refractivity contribution in [1.82, 2.24) is 9.97 Å². The van der Waals surface area contributed by atoms with E-state index >= 15 is 0 Å². The van der Waals surface area contributed by atoms with E-state index in [1.807, 2.05) is 0 Å². The van der Waals surface area contributed by atoms with Crippen LogP contribution in [0.25, 0.3) is 10.2 Å². The Morgan fingerprint density at radius 1 is 1.42 bits per heavy atom. The fourth-order valence-electron chi connectivity index (χ4n) is 2.53. The molecule has 0 aliphatic carbocycles. The summed E-state index contributed by atoms with van der Waals surface area (Å²) in [6.45, 7) is 6.99. The number of anilines is 1. The summed E-state index contributed by atoms with van der Waals surface area (Å²) >= 11 is 1.74. The van der Waals surface area contributed by atoms with Crippen molar-refractivity contribution in [3.63, 3.8) is 0 Å². The second-order valence-electron chi connectivity index (χ2n) is 5.15. The van der Waals surface area contributed by atoms with Crippen LogP contribution in [0.3, 0.4) is 0 Å². The topological polar surface area (TPSA) is 47.0 Å². The fraction of sp³-hybridized carbons (Fsp3) is 0.571. The van der Waals surface area contributed by atoms with Gasteiger partial charge in [-0.3, -0.25) is 0 Å². The van der Waals surface area contributed by atoms with Gasteiger partial charge in [-0.15, -0.1) is 11.3 Å². The number of hydrogen-bond acceptors (Lipinski definition) is 5. The average molecular weight is 277 g/mol. The van der Waals surface area contributed by atoms with Crippen molar-refractivity contribution in [2.45, 2.75) is 26.7 Å². The van der Waals surface area contributed by atoms with Crippen LogP contribution in [0.15, 0.2) is 6.33 Å². The molecule has 0 amide bonds. The van der Waals surface area contributed by atoms with Gasteiger partial charge in [0.1, 0.15) is 17.0 Å². The first-order valence-corrected chi connectivity index (χ1v) is 7.59. The minimum Gasteiger partial charge on any atom is -0.381 e. The van der Waals surface area contributed by atoms with Gasteiger partial charge in [-0.2, -0.15) is 0 Å². The Morgan fingerprint density at radius 3 is 3.11 bits per heavy atom. The Hall–Kier alpha value is -1.20. The lowest BCUT2D eigenvalue weighted by molar-refractivity contribution is 0.0595. The van der Waals surface area contributed by atoms with Gasteiger partial charge in [-0.05, 0) is 38.2 Å². The summed E-state index contributed by atoms with van der Waals surface area (Å²) in [5.74, 6) is 1.57. The molecule has 3 rings (SSSR count). The number of ether oxygens (including phenoxy) is 1. The Labute approximate surface area is 117 Å². The van der Waals surface area contributed by atoms with E-state index in [-0.39, 0.29) is 0 Å². The largest absolute Gasteiger partial charge is 0.381 e. The van der Waals surface area contributed by atoms with Crippen LogP contribution in [0.5, 0.6) is 0 Å². The predicted molar refractivity (Wildman–Crippen MR) is 78.9 cm³/mol. The molecule has 1 saturated heterocycles. The molecule has 1 aliphatic rings. The first-order chi connectivity index (χ1) is 9.25. The number of fused-ring (bicyclic) bond motifs is 1. The van der Waals surface area contributed by atoms with Crippen molar-refractivity contribution in [2.75, 3.05) is 25.1 Å². The van der Waals surface area contributed by atoms with E-state index in [1.165, 1.54) is 28.7 Å². The lowest BCUT2D eigenvalue weighted by atomic mass is 10.0. The summed E-state index contributed by atoms with van der Waals surface area (Å²) in [6, 6.07) is 0. The van der Waals surface area contributed by atoms with E-state index in [2.05, 4.69) is 29.1 Å². The summed E-state index contributed by atoms with van der Waals surface area (Å²) in [4.78, 5) is 11.2. The van der Waals surface area contributed by atoms with E-state index < -0.39 is 0 Å². The van der Waals surface area contributed by atoms with Gasteiger partial charge in [-0.25, -0.2) is 9.97 Å². The van der Waals surface area contributed by atoms with Gasteiger partial charge in [0, 0.05) is 18.0 Å². The number of hydrogen-bond donors (Lipinski definition) is 1. The Balaban J connectivity index is 1.80. The molecule has 1 N–H and O–H groups in total. The normalized spacial score (nSPS) is 19.8. The van der Waals surface area contributed by atoms with Crippen LogP contribution in [-0.4, -0.2) is 29.7 Å². The summed E-state index contributed by atoms with van der Waals surface area (Å²) in [5.41, 5.74) is 1.29. The number of aryl methyl sites for hydroxylation is 2. The molecule has 0 aromatic carbocycles. The number of thiophene rings is 1. The van der Waals surface area contributed by atoms with Crippen LogP contribution in [0.2, 0.25) is 0 Å². The van der Waals surface area contributed by atoms with E-state index in [1.54, 1.807) is 17.7 Å². The van der Waals surface area contributed by atoms with Crippen molar-refractivity contribution < 1.29 is 4.74 Å². The van der Waals surface area contributed by atoms with Crippen LogP contribution >= 0.6 is 11.3 Å². The highest BCUT2D eigenvalue weighted by atomic mass is 32.1. The summed E-state index contributed by atoms with van der Waals surface area (Å²) in [6.07, 6.45) is 4.06. The third-order valence-electron chi connectivity index (χ3n) is 3.78. The molecule has 19 heavy (non-hydrogen) atoms. The highest BCUT2D eigenvalue weighted by Crippen LogP contribution is 2.32. The summed E-state index contributed by atoms with van der Waals surface area (Å²) in [5, 5.41) is 4.67. The van der Waals surface area contributed by atoms with Crippen molar-refractivity contribution in [2.24, 2.45) is 5.92 Å². The van der Waals surface area contributed by atoms with E-state index in [4.69, 9.17) is 4.74 Å². The van der Waals surface area contributed by atoms with Crippen LogP contribution in [-0.2, 0) is 4.74 Å². The lowest BCUT2D eigenvalue weighted by Crippen LogP contribution is -2.24. The molecular weight excluding hydrogens is 258 g/mol. The fourth-order valence-corrected chi connectivity index (χ4v) is 3.52. The van der Waals surface area contributed by atoms with Crippen molar-refractivity contribution in [3.8, 4) is 0 Å². The van der Waals surface area contributed by atoms with E-state index in [0.29, 0.717) is 5.92 Å². The summed E-state index contributed by atoms with van der Waals surface area (Å²) in [7, 11) is 0. The van der Waals surface area contributed by atoms with Crippen molar-refractivity contribution in [3.05, 3.63) is 16.8 Å². The van der Waals surface area contributed by atoms with Gasteiger partial charge >= 0.3 is 0 Å². The highest BCUT2D eigenvalue weighted by molar-refractivity contribution is 7.18. The number of nitrogens with zero attached hydrogens (tertiary/aromatic N) is 2. The van der Waals surface area contributed by atoms with Gasteiger partial charge in [0.15, 0.2) is 0 Å². The molecule has 0 radical (unpaired) electrons. The smallest absolute Gasteiger partial charge is 0.138 e. The minimum atomic E-state index is 0.596. The third kappa shape index (κ3) is 2.58. The SMILES string of the molecule is Cc1sc2ncnc(NCC3CCCOC3)c2c1C. The first-order valence-electron chi connectivity index (χ1n) is 6.78. The monoisotopic (exact) mass is 277 g/mol. The van der Waals surface area contributed by atoms with E-state index in [0.717, 1.165) is 30.4 Å². The van der Waals surface area contributed by atoms with Gasteiger partial charge in [-0.1, -0.05) is 0 Å². The quantitative estimate of drug-likeness (QED) is 0.936. The van der Waals surface area contributed by atoms with Gasteiger partial charge in [0.2, 0.25) is 0 Å². The highest BCUT2D eigenvalue weighted by Gasteiger charge is 2.16. The molecule has 0 spiro atoms. The van der Waals surface area contributed by atoms with Gasteiger partial charge < -0.3 is 10.1 Å². The standard InChI is InChI=1S/C14H19N3OS/c1-9-10(2)19-14-12(9)13(16-8-17-14)15-6-11-4-3-5-18-7-11/h8,11H,3-7H2,1-2H3,(H,15,16,17). The summed E-state index contributed by atoms with van der Waals surface area (Å²) < 4.78 is 5.52. The molecule has 2 aromatic rings. The maximum atomic E-state index is 5.52. The number of rotatable bonds is 3. The average Bonchev–Trinajstić information content (AvgIpc) is 2.74. The lowest BCUT2D eigenvalue weighted by Gasteiger charge is -2.22. The van der Waals surface area contributed by atoms with Crippen LogP contribution in [0.1, 0.15) is 23.3 Å². The molecule has 1 unspecified atom stereocenters. The van der Waals surface area contributed by atoms with E-state index in [9.17, 15) is 0 Å². The predicted octanol–water partition coefficient (Wildman–Crippen LogP) is 3.15. The molecule has 0 saturated carbocycles. The maximum Gasteiger partial charge on any atom is 0.138 e. The molecule has 5 heteroatoms. The first kappa shape index (κ1) is 12.8. The van der Waals surface area contributed by atoms with Gasteiger partial charge in [0.05, 0.1) is 12.0 Å². The zero-order valence-electron chi connectivity index (χ0n) is 11.4. The van der Waals surface area contributed by atoms with Crippen LogP contribution < -0.4 is 5.32 Å². The molecule has 0 bridgehead atoms. The zero-order valence-corrected chi connectivity index (χ0v) is 12.2. The molecule has 1 atom stereocenters. The molecule has 102 valence electrons. The number of nitrogens with one attached hydrogen (secondary N) is 1. The Bertz CT molecular complexity index is 575. The number of aromatic nitrogens is 2. The molecular formula is C14H19N3OS. The maximum absolute atomic E-state index is 5.52. The van der Waals surface area contributed by atoms with Crippen LogP contribution in [0, 0.1) is 19.8 Å². The van der Waals surface area contributed by atoms with Crippen molar-refractivity contribution >= 4 is 27.4 Å². The Kier molecular flexibility index (Phi) is 3.66. The third-order valence-corrected chi connectivity index (χ3v) is 4.89. The molecule has 2 aromatic heterocycles. The second-order valence-corrected chi connectivity index (χ2v) is 6.35. The minimum absolute atomic E-state index is 0.596. The van der Waals surface area contributed by atoms with Crippen LogP contribution in [0.4, 0.5) is 5.82 Å². The molecule has 1 aliphatic heterocycles. The molecule has 3 heterocycles. The Morgan fingerprint density at radius 2 is 2.32 bits per heavy atom. The zero-order chi connectivity index (χ0) is 13.2. The second kappa shape index (κ2) is 5.43. The van der Waals surface area contributed by atoms with Crippen molar-refractivity contribution in [1.29, 1.82) is 0 Å². The molecule has 4 nitrogen and oxygen atoms in total.